The fourth-order valence-electron chi connectivity index (χ4n) is 1.87. The molecule has 0 amide bonds. The number of carbonyl (C=O) groups is 1. The van der Waals surface area contributed by atoms with Gasteiger partial charge in [0, 0.05) is 11.1 Å². The molecule has 4 heteroatoms. The van der Waals surface area contributed by atoms with Gasteiger partial charge in [0.15, 0.2) is 5.78 Å². The summed E-state index contributed by atoms with van der Waals surface area (Å²) in [7, 11) is 0. The van der Waals surface area contributed by atoms with E-state index in [0.29, 0.717) is 11.1 Å². The second-order valence-corrected chi connectivity index (χ2v) is 4.29. The number of hydrogen-bond acceptors (Lipinski definition) is 2. The number of ketones is 1. The van der Waals surface area contributed by atoms with Crippen LogP contribution in [0.15, 0.2) is 48.5 Å². The molecule has 2 rings (SSSR count). The van der Waals surface area contributed by atoms with E-state index in [1.807, 2.05) is 19.1 Å². The first-order valence-corrected chi connectivity index (χ1v) is 6.28. The number of hydrogen-bond donors (Lipinski definition) is 0. The van der Waals surface area contributed by atoms with E-state index in [9.17, 15) is 13.6 Å². The van der Waals surface area contributed by atoms with Crippen LogP contribution in [0.1, 0.15) is 28.4 Å². The van der Waals surface area contributed by atoms with E-state index in [-0.39, 0.29) is 11.5 Å². The maximum Gasteiger partial charge on any atom is 0.387 e. The van der Waals surface area contributed by atoms with Gasteiger partial charge in [-0.3, -0.25) is 4.79 Å². The van der Waals surface area contributed by atoms with Crippen LogP contribution in [0.2, 0.25) is 0 Å². The molecule has 0 heterocycles. The fraction of sp³-hybridized carbons (Fsp3) is 0.188. The Morgan fingerprint density at radius 3 is 2.40 bits per heavy atom. The number of benzene rings is 2. The first kappa shape index (κ1) is 14.2. The molecule has 0 aliphatic heterocycles. The third kappa shape index (κ3) is 3.41. The molecular formula is C16H14F2O2. The zero-order valence-corrected chi connectivity index (χ0v) is 11.0. The van der Waals surface area contributed by atoms with Crippen LogP contribution >= 0.6 is 0 Å². The predicted molar refractivity (Wildman–Crippen MR) is 72.3 cm³/mol. The van der Waals surface area contributed by atoms with Gasteiger partial charge >= 0.3 is 6.61 Å². The first-order valence-electron chi connectivity index (χ1n) is 6.28. The summed E-state index contributed by atoms with van der Waals surface area (Å²) >= 11 is 0. The molecule has 0 atom stereocenters. The van der Waals surface area contributed by atoms with Crippen LogP contribution in [0.5, 0.6) is 5.75 Å². The van der Waals surface area contributed by atoms with E-state index >= 15 is 0 Å². The summed E-state index contributed by atoms with van der Waals surface area (Å²) in [6.07, 6.45) is 0.895. The third-order valence-corrected chi connectivity index (χ3v) is 2.95. The van der Waals surface area contributed by atoms with Crippen LogP contribution in [0, 0.1) is 0 Å². The predicted octanol–water partition coefficient (Wildman–Crippen LogP) is 4.08. The fourth-order valence-corrected chi connectivity index (χ4v) is 1.87. The monoisotopic (exact) mass is 276 g/mol. The van der Waals surface area contributed by atoms with Crippen molar-refractivity contribution in [3.05, 3.63) is 65.2 Å². The van der Waals surface area contributed by atoms with Crippen molar-refractivity contribution in [3.63, 3.8) is 0 Å². The van der Waals surface area contributed by atoms with Crippen molar-refractivity contribution in [1.29, 1.82) is 0 Å². The van der Waals surface area contributed by atoms with Crippen LogP contribution in [-0.2, 0) is 6.42 Å². The Morgan fingerprint density at radius 1 is 1.10 bits per heavy atom. The van der Waals surface area contributed by atoms with Gasteiger partial charge < -0.3 is 4.74 Å². The lowest BCUT2D eigenvalue weighted by atomic mass is 10.0. The molecule has 2 nitrogen and oxygen atoms in total. The van der Waals surface area contributed by atoms with Crippen LogP contribution in [-0.4, -0.2) is 12.4 Å². The smallest absolute Gasteiger partial charge is 0.387 e. The lowest BCUT2D eigenvalue weighted by molar-refractivity contribution is -0.0498. The van der Waals surface area contributed by atoms with Gasteiger partial charge in [0.25, 0.3) is 0 Å². The summed E-state index contributed by atoms with van der Waals surface area (Å²) in [6.45, 7) is -0.869. The van der Waals surface area contributed by atoms with Gasteiger partial charge in [0.05, 0.1) is 0 Å². The number of halogens is 2. The zero-order chi connectivity index (χ0) is 14.5. The summed E-state index contributed by atoms with van der Waals surface area (Å²) in [6, 6.07) is 13.0. The van der Waals surface area contributed by atoms with E-state index in [2.05, 4.69) is 4.74 Å². The van der Waals surface area contributed by atoms with Crippen molar-refractivity contribution in [1.82, 2.24) is 0 Å². The van der Waals surface area contributed by atoms with Crippen LogP contribution < -0.4 is 4.74 Å². The molecule has 0 saturated heterocycles. The maximum atomic E-state index is 12.2. The van der Waals surface area contributed by atoms with E-state index in [4.69, 9.17) is 0 Å². The van der Waals surface area contributed by atoms with Gasteiger partial charge in [-0.25, -0.2) is 0 Å². The Morgan fingerprint density at radius 2 is 1.80 bits per heavy atom. The third-order valence-electron chi connectivity index (χ3n) is 2.95. The van der Waals surface area contributed by atoms with Gasteiger partial charge in [0.2, 0.25) is 0 Å². The van der Waals surface area contributed by atoms with Crippen molar-refractivity contribution in [2.24, 2.45) is 0 Å². The Labute approximate surface area is 116 Å². The molecule has 0 fully saturated rings. The lowest BCUT2D eigenvalue weighted by Crippen LogP contribution is -2.05. The van der Waals surface area contributed by atoms with Crippen molar-refractivity contribution in [3.8, 4) is 5.75 Å². The number of alkyl halides is 2. The van der Waals surface area contributed by atoms with Crippen LogP contribution in [0.25, 0.3) is 0 Å². The van der Waals surface area contributed by atoms with Crippen molar-refractivity contribution in [2.45, 2.75) is 20.0 Å². The highest BCUT2D eigenvalue weighted by molar-refractivity contribution is 6.09. The van der Waals surface area contributed by atoms with Gasteiger partial charge in [-0.05, 0) is 24.1 Å². The molecule has 0 unspecified atom stereocenters. The molecule has 0 spiro atoms. The second kappa shape index (κ2) is 6.28. The number of carbonyl (C=O) groups excluding carboxylic acids is 1. The Bertz CT molecular complexity index is 592. The number of rotatable bonds is 5. The molecule has 2 aromatic carbocycles. The molecule has 0 aromatic heterocycles. The van der Waals surface area contributed by atoms with Gasteiger partial charge in [-0.1, -0.05) is 43.3 Å². The lowest BCUT2D eigenvalue weighted by Gasteiger charge is -2.07. The van der Waals surface area contributed by atoms with E-state index in [0.717, 1.165) is 12.0 Å². The molecule has 0 radical (unpaired) electrons. The van der Waals surface area contributed by atoms with E-state index in [1.165, 1.54) is 18.2 Å². The molecule has 104 valence electrons. The minimum absolute atomic E-state index is 0.0176. The number of ether oxygens (including phenoxy) is 1. The largest absolute Gasteiger partial charge is 0.435 e. The molecule has 2 aromatic rings. The normalized spacial score (nSPS) is 10.6. The highest BCUT2D eigenvalue weighted by Gasteiger charge is 2.11. The Kier molecular flexibility index (Phi) is 4.45. The maximum absolute atomic E-state index is 12.2. The average Bonchev–Trinajstić information content (AvgIpc) is 2.46. The molecule has 0 aliphatic rings. The summed E-state index contributed by atoms with van der Waals surface area (Å²) in [5, 5.41) is 0. The summed E-state index contributed by atoms with van der Waals surface area (Å²) in [5.41, 5.74) is 1.99. The number of aryl methyl sites for hydroxylation is 1. The zero-order valence-electron chi connectivity index (χ0n) is 11.0. The minimum atomic E-state index is -2.90. The van der Waals surface area contributed by atoms with E-state index in [1.54, 1.807) is 18.2 Å². The first-order chi connectivity index (χ1) is 9.60. The second-order valence-electron chi connectivity index (χ2n) is 4.29. The summed E-state index contributed by atoms with van der Waals surface area (Å²) in [5.74, 6) is -0.233. The molecular weight excluding hydrogens is 262 g/mol. The van der Waals surface area contributed by atoms with Gasteiger partial charge in [-0.2, -0.15) is 8.78 Å². The molecule has 0 bridgehead atoms. The molecule has 0 saturated carbocycles. The quantitative estimate of drug-likeness (QED) is 0.769. The Hall–Kier alpha value is -2.23. The van der Waals surface area contributed by atoms with Gasteiger partial charge in [-0.15, -0.1) is 0 Å². The van der Waals surface area contributed by atoms with Crippen molar-refractivity contribution >= 4 is 5.78 Å². The van der Waals surface area contributed by atoms with Crippen LogP contribution in [0.3, 0.4) is 0 Å². The molecule has 0 N–H and O–H groups in total. The Balaban J connectivity index is 2.23. The van der Waals surface area contributed by atoms with Crippen molar-refractivity contribution < 1.29 is 18.3 Å². The van der Waals surface area contributed by atoms with Crippen molar-refractivity contribution in [2.75, 3.05) is 0 Å². The van der Waals surface area contributed by atoms with E-state index < -0.39 is 6.61 Å². The van der Waals surface area contributed by atoms with Gasteiger partial charge in [0.1, 0.15) is 5.75 Å². The molecule has 20 heavy (non-hydrogen) atoms. The standard InChI is InChI=1S/C16H14F2O2/c1-2-11-6-8-12(9-7-11)15(19)13-4-3-5-14(10-13)20-16(17)18/h3-10,16H,2H2,1H3. The summed E-state index contributed by atoms with van der Waals surface area (Å²) in [4.78, 5) is 12.2. The average molecular weight is 276 g/mol. The highest BCUT2D eigenvalue weighted by atomic mass is 19.3. The highest BCUT2D eigenvalue weighted by Crippen LogP contribution is 2.19. The molecule has 0 aliphatic carbocycles. The topological polar surface area (TPSA) is 26.3 Å². The summed E-state index contributed by atoms with van der Waals surface area (Å²) < 4.78 is 28.6. The van der Waals surface area contributed by atoms with Crippen LogP contribution in [0.4, 0.5) is 8.78 Å². The SMILES string of the molecule is CCc1ccc(C(=O)c2cccc(OC(F)F)c2)cc1. The minimum Gasteiger partial charge on any atom is -0.435 e.